The highest BCUT2D eigenvalue weighted by Gasteiger charge is 2.07. The first kappa shape index (κ1) is 13.8. The van der Waals surface area contributed by atoms with E-state index in [1.54, 1.807) is 18.5 Å². The maximum Gasteiger partial charge on any atom is 0.253 e. The molecule has 0 saturated heterocycles. The molecule has 0 spiro atoms. The van der Waals surface area contributed by atoms with Gasteiger partial charge in [-0.15, -0.1) is 0 Å². The minimum Gasteiger partial charge on any atom is -0.345 e. The van der Waals surface area contributed by atoms with Gasteiger partial charge in [0.1, 0.15) is 5.82 Å². The lowest BCUT2D eigenvalue weighted by atomic mass is 10.2. The van der Waals surface area contributed by atoms with Gasteiger partial charge < -0.3 is 15.6 Å². The van der Waals surface area contributed by atoms with Gasteiger partial charge in [-0.3, -0.25) is 9.78 Å². The molecule has 0 radical (unpaired) electrons. The van der Waals surface area contributed by atoms with Crippen molar-refractivity contribution in [3.05, 3.63) is 47.8 Å². The fraction of sp³-hybridized carbons (Fsp3) is 0.214. The summed E-state index contributed by atoms with van der Waals surface area (Å²) in [6.07, 6.45) is 6.61. The number of nitrogens with zero attached hydrogens (tertiary/aromatic N) is 3. The lowest BCUT2D eigenvalue weighted by Gasteiger charge is -2.05. The SMILES string of the molecule is Cn1ccnc1CNC(=O)c1cncc(C#CCN)c1. The van der Waals surface area contributed by atoms with E-state index in [0.717, 1.165) is 5.82 Å². The molecule has 2 rings (SSSR count). The minimum absolute atomic E-state index is 0.211. The van der Waals surface area contributed by atoms with E-state index in [2.05, 4.69) is 27.1 Å². The van der Waals surface area contributed by atoms with Crippen LogP contribution in [0.15, 0.2) is 30.9 Å². The summed E-state index contributed by atoms with van der Waals surface area (Å²) in [5.41, 5.74) is 6.44. The van der Waals surface area contributed by atoms with E-state index in [1.807, 2.05) is 17.8 Å². The van der Waals surface area contributed by atoms with Crippen molar-refractivity contribution in [2.24, 2.45) is 12.8 Å². The van der Waals surface area contributed by atoms with Crippen LogP contribution in [-0.2, 0) is 13.6 Å². The number of nitrogens with one attached hydrogen (secondary N) is 1. The van der Waals surface area contributed by atoms with Gasteiger partial charge in [-0.1, -0.05) is 11.8 Å². The van der Waals surface area contributed by atoms with Gasteiger partial charge in [0, 0.05) is 37.4 Å². The summed E-state index contributed by atoms with van der Waals surface area (Å²) in [6, 6.07) is 1.68. The maximum absolute atomic E-state index is 12.0. The summed E-state index contributed by atoms with van der Waals surface area (Å²) in [4.78, 5) is 20.1. The Hall–Kier alpha value is -2.65. The van der Waals surface area contributed by atoms with Crippen LogP contribution in [0.1, 0.15) is 21.7 Å². The van der Waals surface area contributed by atoms with Crippen LogP contribution in [0.3, 0.4) is 0 Å². The average molecular weight is 269 g/mol. The van der Waals surface area contributed by atoms with Gasteiger partial charge in [-0.05, 0) is 6.07 Å². The van der Waals surface area contributed by atoms with Gasteiger partial charge in [0.2, 0.25) is 0 Å². The number of aromatic nitrogens is 3. The molecule has 0 aliphatic heterocycles. The Kier molecular flexibility index (Phi) is 4.47. The molecule has 20 heavy (non-hydrogen) atoms. The largest absolute Gasteiger partial charge is 0.345 e. The summed E-state index contributed by atoms with van der Waals surface area (Å²) in [5.74, 6) is 6.14. The van der Waals surface area contributed by atoms with Crippen LogP contribution in [0.25, 0.3) is 0 Å². The Balaban J connectivity index is 2.04. The van der Waals surface area contributed by atoms with Gasteiger partial charge in [0.15, 0.2) is 0 Å². The van der Waals surface area contributed by atoms with Crippen molar-refractivity contribution in [3.8, 4) is 11.8 Å². The van der Waals surface area contributed by atoms with Crippen molar-refractivity contribution in [1.82, 2.24) is 19.9 Å². The fourth-order valence-corrected chi connectivity index (χ4v) is 1.61. The lowest BCUT2D eigenvalue weighted by Crippen LogP contribution is -2.24. The number of aryl methyl sites for hydroxylation is 1. The number of carbonyl (C=O) groups excluding carboxylic acids is 1. The van der Waals surface area contributed by atoms with Gasteiger partial charge >= 0.3 is 0 Å². The first-order chi connectivity index (χ1) is 9.70. The number of hydrogen-bond acceptors (Lipinski definition) is 4. The van der Waals surface area contributed by atoms with Crippen LogP contribution in [0, 0.1) is 11.8 Å². The molecule has 0 unspecified atom stereocenters. The zero-order chi connectivity index (χ0) is 14.4. The Labute approximate surface area is 117 Å². The molecule has 1 amide bonds. The molecule has 102 valence electrons. The average Bonchev–Trinajstić information content (AvgIpc) is 2.88. The Morgan fingerprint density at radius 3 is 3.05 bits per heavy atom. The van der Waals surface area contributed by atoms with E-state index in [0.29, 0.717) is 17.7 Å². The monoisotopic (exact) mass is 269 g/mol. The molecule has 0 fully saturated rings. The summed E-state index contributed by atoms with van der Waals surface area (Å²) in [6.45, 7) is 0.636. The minimum atomic E-state index is -0.211. The second kappa shape index (κ2) is 6.50. The van der Waals surface area contributed by atoms with Crippen LogP contribution in [0.5, 0.6) is 0 Å². The van der Waals surface area contributed by atoms with Crippen LogP contribution in [-0.4, -0.2) is 27.0 Å². The number of rotatable bonds is 3. The summed E-state index contributed by atoms with van der Waals surface area (Å²) in [7, 11) is 1.87. The zero-order valence-corrected chi connectivity index (χ0v) is 11.1. The van der Waals surface area contributed by atoms with Crippen molar-refractivity contribution in [3.63, 3.8) is 0 Å². The van der Waals surface area contributed by atoms with Crippen molar-refractivity contribution in [1.29, 1.82) is 0 Å². The van der Waals surface area contributed by atoms with Crippen molar-refractivity contribution < 1.29 is 4.79 Å². The lowest BCUT2D eigenvalue weighted by molar-refractivity contribution is 0.0949. The summed E-state index contributed by atoms with van der Waals surface area (Å²) in [5, 5.41) is 2.79. The van der Waals surface area contributed by atoms with Crippen LogP contribution in [0.4, 0.5) is 0 Å². The highest BCUT2D eigenvalue weighted by Crippen LogP contribution is 2.02. The molecule has 0 bridgehead atoms. The summed E-state index contributed by atoms with van der Waals surface area (Å²) >= 11 is 0. The van der Waals surface area contributed by atoms with Gasteiger partial charge in [0.05, 0.1) is 18.7 Å². The molecule has 0 aliphatic carbocycles. The number of nitrogens with two attached hydrogens (primary N) is 1. The normalized spacial score (nSPS) is 9.70. The number of pyridine rings is 1. The number of imidazole rings is 1. The second-order valence-corrected chi connectivity index (χ2v) is 4.11. The molecular weight excluding hydrogens is 254 g/mol. The molecule has 2 heterocycles. The predicted molar refractivity (Wildman–Crippen MR) is 74.5 cm³/mol. The third kappa shape index (κ3) is 3.43. The van der Waals surface area contributed by atoms with Crippen LogP contribution < -0.4 is 11.1 Å². The molecule has 2 aromatic rings. The molecule has 6 nitrogen and oxygen atoms in total. The molecule has 6 heteroatoms. The van der Waals surface area contributed by atoms with E-state index in [4.69, 9.17) is 5.73 Å². The molecule has 0 aromatic carbocycles. The smallest absolute Gasteiger partial charge is 0.253 e. The predicted octanol–water partition coefficient (Wildman–Crippen LogP) is 0.0553. The molecule has 2 aromatic heterocycles. The highest BCUT2D eigenvalue weighted by atomic mass is 16.1. The van der Waals surface area contributed by atoms with Gasteiger partial charge in [-0.2, -0.15) is 0 Å². The topological polar surface area (TPSA) is 85.8 Å². The quantitative estimate of drug-likeness (QED) is 0.771. The number of amides is 1. The van der Waals surface area contributed by atoms with E-state index in [-0.39, 0.29) is 12.5 Å². The molecule has 0 aliphatic rings. The zero-order valence-electron chi connectivity index (χ0n) is 11.1. The Morgan fingerprint density at radius 1 is 1.50 bits per heavy atom. The van der Waals surface area contributed by atoms with E-state index in [9.17, 15) is 4.79 Å². The van der Waals surface area contributed by atoms with Crippen molar-refractivity contribution in [2.45, 2.75) is 6.54 Å². The summed E-state index contributed by atoms with van der Waals surface area (Å²) < 4.78 is 1.85. The third-order valence-corrected chi connectivity index (χ3v) is 2.66. The van der Waals surface area contributed by atoms with Gasteiger partial charge in [-0.25, -0.2) is 4.98 Å². The molecule has 0 atom stereocenters. The maximum atomic E-state index is 12.0. The molecular formula is C14H15N5O. The van der Waals surface area contributed by atoms with Gasteiger partial charge in [0.25, 0.3) is 5.91 Å². The molecule has 3 N–H and O–H groups in total. The third-order valence-electron chi connectivity index (χ3n) is 2.66. The second-order valence-electron chi connectivity index (χ2n) is 4.11. The van der Waals surface area contributed by atoms with E-state index in [1.165, 1.54) is 6.20 Å². The van der Waals surface area contributed by atoms with Crippen molar-refractivity contribution in [2.75, 3.05) is 6.54 Å². The van der Waals surface area contributed by atoms with Crippen LogP contribution >= 0.6 is 0 Å². The molecule has 0 saturated carbocycles. The standard InChI is InChI=1S/C14H15N5O/c1-19-6-5-17-13(19)10-18-14(20)12-7-11(3-2-4-15)8-16-9-12/h5-9H,4,10,15H2,1H3,(H,18,20). The fourth-order valence-electron chi connectivity index (χ4n) is 1.61. The first-order valence-corrected chi connectivity index (χ1v) is 6.09. The Morgan fingerprint density at radius 2 is 2.35 bits per heavy atom. The highest BCUT2D eigenvalue weighted by molar-refractivity contribution is 5.94. The van der Waals surface area contributed by atoms with Crippen molar-refractivity contribution >= 4 is 5.91 Å². The van der Waals surface area contributed by atoms with Crippen LogP contribution in [0.2, 0.25) is 0 Å². The van der Waals surface area contributed by atoms with E-state index >= 15 is 0 Å². The Bertz CT molecular complexity index is 665. The number of hydrogen-bond donors (Lipinski definition) is 2. The number of carbonyl (C=O) groups is 1. The first-order valence-electron chi connectivity index (χ1n) is 6.09. The van der Waals surface area contributed by atoms with E-state index < -0.39 is 0 Å².